The number of para-hydroxylation sites is 1. The van der Waals surface area contributed by atoms with Crippen molar-refractivity contribution in [2.45, 2.75) is 39.0 Å². The maximum Gasteiger partial charge on any atom is 0.257 e. The van der Waals surface area contributed by atoms with E-state index in [1.54, 1.807) is 0 Å². The first kappa shape index (κ1) is 16.1. The van der Waals surface area contributed by atoms with E-state index in [1.165, 1.54) is 0 Å². The maximum absolute atomic E-state index is 13.2. The van der Waals surface area contributed by atoms with Crippen LogP contribution in [-0.2, 0) is 11.8 Å². The average Bonchev–Trinajstić information content (AvgIpc) is 3.19. The van der Waals surface area contributed by atoms with Crippen molar-refractivity contribution in [3.63, 3.8) is 0 Å². The highest BCUT2D eigenvalue weighted by Gasteiger charge is 2.37. The van der Waals surface area contributed by atoms with Crippen LogP contribution < -0.4 is 5.32 Å². The van der Waals surface area contributed by atoms with Crippen LogP contribution in [-0.4, -0.2) is 39.8 Å². The van der Waals surface area contributed by atoms with Crippen LogP contribution in [0.5, 0.6) is 0 Å². The van der Waals surface area contributed by atoms with E-state index in [9.17, 15) is 4.79 Å². The fraction of sp³-hybridized carbons (Fsp3) is 0.474. The molecule has 4 rings (SSSR count). The summed E-state index contributed by atoms with van der Waals surface area (Å²) in [5.74, 6) is 0.0532. The van der Waals surface area contributed by atoms with Crippen molar-refractivity contribution < 1.29 is 9.53 Å². The molecule has 1 N–H and O–H groups in total. The summed E-state index contributed by atoms with van der Waals surface area (Å²) in [4.78, 5) is 15.1. The third-order valence-corrected chi connectivity index (χ3v) is 5.28. The van der Waals surface area contributed by atoms with Crippen LogP contribution in [0.2, 0.25) is 0 Å². The Labute approximate surface area is 147 Å². The number of amides is 1. The predicted octanol–water partition coefficient (Wildman–Crippen LogP) is 2.78. The van der Waals surface area contributed by atoms with E-state index in [1.807, 2.05) is 54.7 Å². The van der Waals surface area contributed by atoms with Crippen LogP contribution in [0.3, 0.4) is 0 Å². The molecule has 0 saturated carbocycles. The molecular weight excluding hydrogens is 316 g/mol. The number of rotatable bonds is 3. The molecule has 2 aliphatic heterocycles. The van der Waals surface area contributed by atoms with Gasteiger partial charge in [0.1, 0.15) is 6.17 Å². The van der Waals surface area contributed by atoms with Crippen molar-refractivity contribution in [2.24, 2.45) is 7.05 Å². The summed E-state index contributed by atoms with van der Waals surface area (Å²) in [6.45, 7) is 5.43. The van der Waals surface area contributed by atoms with Gasteiger partial charge in [-0.05, 0) is 38.8 Å². The number of nitrogens with zero attached hydrogens (tertiary/aromatic N) is 3. The topological polar surface area (TPSA) is 59.4 Å². The number of carbonyl (C=O) groups is 1. The summed E-state index contributed by atoms with van der Waals surface area (Å²) in [6.07, 6.45) is 1.95. The Morgan fingerprint density at radius 2 is 2.12 bits per heavy atom. The van der Waals surface area contributed by atoms with E-state index in [2.05, 4.69) is 10.4 Å². The van der Waals surface area contributed by atoms with Crippen molar-refractivity contribution in [3.8, 4) is 0 Å². The molecule has 0 radical (unpaired) electrons. The number of aryl methyl sites for hydroxylation is 2. The van der Waals surface area contributed by atoms with E-state index in [0.29, 0.717) is 6.54 Å². The standard InChI is InChI=1S/C19H24N4O2/c1-12-17(13(2)22(3)21-12)18-20-16-9-5-4-8-15(16)19(24)23(18)11-14-7-6-10-25-14/h4-5,8-9,14,18,20H,6-7,10-11H2,1-3H3. The number of nitrogens with one attached hydrogen (secondary N) is 1. The van der Waals surface area contributed by atoms with Crippen LogP contribution >= 0.6 is 0 Å². The zero-order chi connectivity index (χ0) is 17.6. The van der Waals surface area contributed by atoms with Crippen LogP contribution in [0.1, 0.15) is 46.3 Å². The lowest BCUT2D eigenvalue weighted by atomic mass is 10.0. The van der Waals surface area contributed by atoms with E-state index in [4.69, 9.17) is 4.74 Å². The first-order valence-electron chi connectivity index (χ1n) is 8.84. The van der Waals surface area contributed by atoms with Crippen molar-refractivity contribution in [1.29, 1.82) is 0 Å². The molecule has 132 valence electrons. The predicted molar refractivity (Wildman–Crippen MR) is 95.5 cm³/mol. The first-order chi connectivity index (χ1) is 12.1. The molecule has 0 aliphatic carbocycles. The van der Waals surface area contributed by atoms with E-state index < -0.39 is 0 Å². The third-order valence-electron chi connectivity index (χ3n) is 5.28. The maximum atomic E-state index is 13.2. The van der Waals surface area contributed by atoms with Gasteiger partial charge in [-0.2, -0.15) is 5.10 Å². The van der Waals surface area contributed by atoms with Crippen LogP contribution in [0.4, 0.5) is 5.69 Å². The molecule has 2 aliphatic rings. The molecule has 6 heteroatoms. The number of fused-ring (bicyclic) bond motifs is 1. The van der Waals surface area contributed by atoms with E-state index in [0.717, 1.165) is 47.7 Å². The Morgan fingerprint density at radius 3 is 2.80 bits per heavy atom. The minimum absolute atomic E-state index is 0.0532. The minimum Gasteiger partial charge on any atom is -0.376 e. The van der Waals surface area contributed by atoms with Gasteiger partial charge in [0.2, 0.25) is 0 Å². The molecule has 2 atom stereocenters. The van der Waals surface area contributed by atoms with Crippen molar-refractivity contribution in [2.75, 3.05) is 18.5 Å². The van der Waals surface area contributed by atoms with Gasteiger partial charge in [-0.25, -0.2) is 0 Å². The van der Waals surface area contributed by atoms with Gasteiger partial charge in [0, 0.05) is 37.1 Å². The monoisotopic (exact) mass is 340 g/mol. The molecule has 1 amide bonds. The fourth-order valence-corrected chi connectivity index (χ4v) is 3.90. The highest BCUT2D eigenvalue weighted by molar-refractivity contribution is 6.01. The minimum atomic E-state index is -0.222. The van der Waals surface area contributed by atoms with Crippen LogP contribution in [0.25, 0.3) is 0 Å². The van der Waals surface area contributed by atoms with Gasteiger partial charge in [0.15, 0.2) is 0 Å². The molecule has 1 saturated heterocycles. The lowest BCUT2D eigenvalue weighted by Gasteiger charge is -2.39. The Morgan fingerprint density at radius 1 is 1.32 bits per heavy atom. The summed E-state index contributed by atoms with van der Waals surface area (Å²) in [6, 6.07) is 7.70. The lowest BCUT2D eigenvalue weighted by Crippen LogP contribution is -2.46. The highest BCUT2D eigenvalue weighted by atomic mass is 16.5. The fourth-order valence-electron chi connectivity index (χ4n) is 3.90. The Bertz CT molecular complexity index is 808. The van der Waals surface area contributed by atoms with Gasteiger partial charge in [-0.15, -0.1) is 0 Å². The Kier molecular flexibility index (Phi) is 4.00. The number of ether oxygens (including phenoxy) is 1. The van der Waals surface area contributed by atoms with Crippen molar-refractivity contribution in [3.05, 3.63) is 46.8 Å². The molecule has 6 nitrogen and oxygen atoms in total. The summed E-state index contributed by atoms with van der Waals surface area (Å²) < 4.78 is 7.68. The van der Waals surface area contributed by atoms with Gasteiger partial charge < -0.3 is 15.0 Å². The van der Waals surface area contributed by atoms with Gasteiger partial charge in [-0.1, -0.05) is 12.1 Å². The third kappa shape index (κ3) is 2.70. The SMILES string of the molecule is Cc1nn(C)c(C)c1C1Nc2ccccc2C(=O)N1CC1CCCO1. The number of carbonyl (C=O) groups excluding carboxylic acids is 1. The largest absolute Gasteiger partial charge is 0.376 e. The van der Waals surface area contributed by atoms with Crippen molar-refractivity contribution >= 4 is 11.6 Å². The first-order valence-corrected chi connectivity index (χ1v) is 8.84. The molecular formula is C19H24N4O2. The second kappa shape index (κ2) is 6.19. The molecule has 3 heterocycles. The number of aromatic nitrogens is 2. The van der Waals surface area contributed by atoms with Gasteiger partial charge in [-0.3, -0.25) is 9.48 Å². The summed E-state index contributed by atoms with van der Waals surface area (Å²) >= 11 is 0. The van der Waals surface area contributed by atoms with Crippen molar-refractivity contribution in [1.82, 2.24) is 14.7 Å². The Hall–Kier alpha value is -2.34. The molecule has 2 unspecified atom stereocenters. The number of hydrogen-bond acceptors (Lipinski definition) is 4. The summed E-state index contributed by atoms with van der Waals surface area (Å²) in [5.41, 5.74) is 4.68. The highest BCUT2D eigenvalue weighted by Crippen LogP contribution is 2.36. The van der Waals surface area contributed by atoms with E-state index in [-0.39, 0.29) is 18.2 Å². The van der Waals surface area contributed by atoms with Crippen LogP contribution in [0.15, 0.2) is 24.3 Å². The smallest absolute Gasteiger partial charge is 0.257 e. The zero-order valence-corrected chi connectivity index (χ0v) is 15.0. The quantitative estimate of drug-likeness (QED) is 0.933. The van der Waals surface area contributed by atoms with E-state index >= 15 is 0 Å². The normalized spacial score (nSPS) is 22.8. The summed E-state index contributed by atoms with van der Waals surface area (Å²) in [7, 11) is 1.94. The molecule has 0 spiro atoms. The van der Waals surface area contributed by atoms with Gasteiger partial charge in [0.25, 0.3) is 5.91 Å². The average molecular weight is 340 g/mol. The Balaban J connectivity index is 1.77. The van der Waals surface area contributed by atoms with Gasteiger partial charge in [0.05, 0.1) is 17.4 Å². The zero-order valence-electron chi connectivity index (χ0n) is 15.0. The molecule has 25 heavy (non-hydrogen) atoms. The molecule has 1 fully saturated rings. The second-order valence-electron chi connectivity index (χ2n) is 6.89. The van der Waals surface area contributed by atoms with Crippen LogP contribution in [0, 0.1) is 13.8 Å². The summed E-state index contributed by atoms with van der Waals surface area (Å²) in [5, 5.41) is 8.10. The number of hydrogen-bond donors (Lipinski definition) is 1. The van der Waals surface area contributed by atoms with Gasteiger partial charge >= 0.3 is 0 Å². The number of anilines is 1. The molecule has 1 aromatic heterocycles. The molecule has 1 aromatic carbocycles. The second-order valence-corrected chi connectivity index (χ2v) is 6.89. The number of benzene rings is 1. The lowest BCUT2D eigenvalue weighted by molar-refractivity contribution is 0.0425. The molecule has 2 aromatic rings. The molecule has 0 bridgehead atoms.